The quantitative estimate of drug-likeness (QED) is 0.0838. The number of halogens is 1. The summed E-state index contributed by atoms with van der Waals surface area (Å²) in [5.74, 6) is -2.18. The maximum Gasteiger partial charge on any atom is 0.356 e. The third-order valence-electron chi connectivity index (χ3n) is 15.6. The number of esters is 2. The molecule has 1 amide bonds. The second-order valence-electron chi connectivity index (χ2n) is 22.8. The molecule has 3 aliphatic heterocycles. The van der Waals surface area contributed by atoms with Crippen LogP contribution in [-0.4, -0.2) is 184 Å². The Kier molecular flexibility index (Phi) is 27.2. The fourth-order valence-corrected chi connectivity index (χ4v) is 11.2. The van der Waals surface area contributed by atoms with Gasteiger partial charge in [0.2, 0.25) is 5.91 Å². The van der Waals surface area contributed by atoms with Gasteiger partial charge in [0.05, 0.1) is 48.1 Å². The zero-order chi connectivity index (χ0) is 58.9. The molecule has 1 aromatic carbocycles. The fraction of sp³-hybridized carbons (Fsp3) is 0.729. The Hall–Kier alpha value is -4.17. The average molecular weight is 1100 g/mol. The van der Waals surface area contributed by atoms with E-state index in [1.807, 2.05) is 72.4 Å². The van der Waals surface area contributed by atoms with Crippen molar-refractivity contribution in [1.82, 2.24) is 20.1 Å². The number of carbonyl (C=O) groups is 3. The van der Waals surface area contributed by atoms with Crippen LogP contribution in [-0.2, 0) is 38.0 Å². The molecule has 3 fully saturated rings. The molecule has 18 nitrogen and oxygen atoms in total. The topological polar surface area (TPSA) is 239 Å². The molecule has 3 aliphatic rings. The van der Waals surface area contributed by atoms with Crippen LogP contribution in [0.5, 0.6) is 0 Å². The summed E-state index contributed by atoms with van der Waals surface area (Å²) in [7, 11) is 5.46. The number of pyridine rings is 1. The van der Waals surface area contributed by atoms with Crippen LogP contribution in [0.15, 0.2) is 42.6 Å². The molecular weight excluding hydrogens is 1010 g/mol. The van der Waals surface area contributed by atoms with Crippen molar-refractivity contribution >= 4 is 17.8 Å². The Labute approximate surface area is 464 Å². The van der Waals surface area contributed by atoms with E-state index in [-0.39, 0.29) is 54.7 Å². The number of likely N-dealkylation sites (N-methyl/N-ethyl adjacent to an activating group) is 1. The highest BCUT2D eigenvalue weighted by Crippen LogP contribution is 2.38. The lowest BCUT2D eigenvalue weighted by Crippen LogP contribution is -2.59. The number of aliphatic hydroxyl groups excluding tert-OH is 3. The van der Waals surface area contributed by atoms with Crippen LogP contribution in [0.2, 0.25) is 0 Å². The van der Waals surface area contributed by atoms with Crippen molar-refractivity contribution in [2.45, 2.75) is 212 Å². The summed E-state index contributed by atoms with van der Waals surface area (Å²) in [4.78, 5) is 46.0. The summed E-state index contributed by atoms with van der Waals surface area (Å²) in [6.45, 7) is 20.9. The number of aliphatic hydroxyl groups is 5. The van der Waals surface area contributed by atoms with Crippen molar-refractivity contribution in [3.05, 3.63) is 53.9 Å². The Morgan fingerprint density at radius 3 is 2.14 bits per heavy atom. The third kappa shape index (κ3) is 19.8. The second kappa shape index (κ2) is 31.2. The molecule has 1 aromatic heterocycles. The van der Waals surface area contributed by atoms with Gasteiger partial charge in [0.15, 0.2) is 12.6 Å². The predicted molar refractivity (Wildman–Crippen MR) is 295 cm³/mol. The molecule has 6 N–H and O–H groups in total. The van der Waals surface area contributed by atoms with E-state index < -0.39 is 90.4 Å². The van der Waals surface area contributed by atoms with Gasteiger partial charge in [-0.15, -0.1) is 12.8 Å². The van der Waals surface area contributed by atoms with Gasteiger partial charge in [-0.05, 0) is 124 Å². The maximum atomic E-state index is 13.8. The van der Waals surface area contributed by atoms with E-state index in [1.54, 1.807) is 63.6 Å². The molecule has 78 heavy (non-hydrogen) atoms. The first-order chi connectivity index (χ1) is 36.6. The molecule has 0 spiro atoms. The summed E-state index contributed by atoms with van der Waals surface area (Å²) in [6.07, 6.45) is 7.96. The Morgan fingerprint density at radius 2 is 1.58 bits per heavy atom. The first kappa shape index (κ1) is 68.1. The molecular formula is C59H95FN4O14. The zero-order valence-corrected chi connectivity index (χ0v) is 48.9. The Balaban J connectivity index is 0.000000398. The maximum absolute atomic E-state index is 13.8. The first-order valence-corrected chi connectivity index (χ1v) is 27.6. The normalized spacial score (nSPS) is 34.2. The summed E-state index contributed by atoms with van der Waals surface area (Å²) in [6, 6.07) is 8.77. The van der Waals surface area contributed by atoms with Gasteiger partial charge in [-0.3, -0.25) is 9.59 Å². The minimum atomic E-state index is -1.67. The van der Waals surface area contributed by atoms with Gasteiger partial charge < -0.3 is 69.1 Å². The van der Waals surface area contributed by atoms with Crippen molar-refractivity contribution in [3.63, 3.8) is 0 Å². The molecule has 0 radical (unpaired) electrons. The number of nitrogens with one attached hydrogen (secondary N) is 1. The number of carbonyl (C=O) groups excluding carboxylic acids is 3. The number of amides is 1. The lowest BCUT2D eigenvalue weighted by Gasteiger charge is -2.43. The van der Waals surface area contributed by atoms with E-state index in [0.29, 0.717) is 50.8 Å². The van der Waals surface area contributed by atoms with Crippen LogP contribution in [0, 0.1) is 30.6 Å². The lowest BCUT2D eigenvalue weighted by molar-refractivity contribution is -0.265. The number of terminal acetylenes is 1. The number of hydrogen-bond acceptors (Lipinski definition) is 17. The Bertz CT molecular complexity index is 2140. The molecule has 0 bridgehead atoms. The third-order valence-corrected chi connectivity index (χ3v) is 15.6. The highest BCUT2D eigenvalue weighted by Gasteiger charge is 2.47. The van der Waals surface area contributed by atoms with E-state index in [1.165, 1.54) is 6.92 Å². The zero-order valence-electron chi connectivity index (χ0n) is 48.9. The monoisotopic (exact) mass is 1100 g/mol. The van der Waals surface area contributed by atoms with Gasteiger partial charge in [-0.25, -0.2) is 14.2 Å². The van der Waals surface area contributed by atoms with Gasteiger partial charge in [0, 0.05) is 69.7 Å². The minimum Gasteiger partial charge on any atom is -0.461 e. The number of benzene rings is 1. The summed E-state index contributed by atoms with van der Waals surface area (Å²) < 4.78 is 48.4. The van der Waals surface area contributed by atoms with Gasteiger partial charge >= 0.3 is 11.9 Å². The van der Waals surface area contributed by atoms with Crippen molar-refractivity contribution in [2.75, 3.05) is 47.6 Å². The number of nitrogens with zero attached hydrogens (tertiary/aromatic N) is 3. The lowest BCUT2D eigenvalue weighted by atomic mass is 9.80. The highest BCUT2D eigenvalue weighted by atomic mass is 19.1. The number of cyclic esters (lactones) is 1. The number of hydrogen-bond donors (Lipinski definition) is 6. The molecule has 1 unspecified atom stereocenters. The van der Waals surface area contributed by atoms with Crippen LogP contribution in [0.25, 0.3) is 11.1 Å². The predicted octanol–water partition coefficient (Wildman–Crippen LogP) is 6.38. The molecule has 0 aliphatic carbocycles. The van der Waals surface area contributed by atoms with Crippen molar-refractivity contribution in [3.8, 4) is 24.0 Å². The molecule has 3 saturated heterocycles. The number of aromatic nitrogens is 1. The van der Waals surface area contributed by atoms with Crippen LogP contribution < -0.4 is 5.32 Å². The van der Waals surface area contributed by atoms with Gasteiger partial charge in [0.1, 0.15) is 36.3 Å². The van der Waals surface area contributed by atoms with Gasteiger partial charge in [-0.2, -0.15) is 0 Å². The molecule has 17 atom stereocenters. The van der Waals surface area contributed by atoms with Crippen molar-refractivity contribution in [2.24, 2.45) is 17.8 Å². The molecule has 2 aromatic rings. The Morgan fingerprint density at radius 1 is 0.936 bits per heavy atom. The SMILES string of the molecule is C#C.CCOC(=O)c1ccc(-c2ccc([C@@H](O)[C@@H](CF)NC(=O)CCN(C)[C@H]3C[C@@H](C)O[C@@H](O)C3)cc2)cn1.CC[C@H]1OC(=O)[C@H](C)[C@@H](O[C@H]2C[C@@](C)(OC)C[C@H](C)O2)[C@H](C)C[C@](C)(O)C[C@@H](C)CN(C)C(C)[C@@H](O)[C@]1(C)O. The molecule has 19 heteroatoms. The first-order valence-electron chi connectivity index (χ1n) is 27.6. The highest BCUT2D eigenvalue weighted by molar-refractivity contribution is 5.87. The number of ether oxygens (including phenoxy) is 6. The van der Waals surface area contributed by atoms with Crippen LogP contribution in [0.1, 0.15) is 150 Å². The van der Waals surface area contributed by atoms with Crippen LogP contribution in [0.4, 0.5) is 4.39 Å². The molecule has 5 rings (SSSR count). The van der Waals surface area contributed by atoms with E-state index in [0.717, 1.165) is 24.0 Å². The fourth-order valence-electron chi connectivity index (χ4n) is 11.2. The van der Waals surface area contributed by atoms with Crippen molar-refractivity contribution in [1.29, 1.82) is 0 Å². The van der Waals surface area contributed by atoms with E-state index >= 15 is 0 Å². The van der Waals surface area contributed by atoms with Crippen LogP contribution >= 0.6 is 0 Å². The number of alkyl halides is 1. The van der Waals surface area contributed by atoms with Crippen LogP contribution in [0.3, 0.4) is 0 Å². The smallest absolute Gasteiger partial charge is 0.356 e. The van der Waals surface area contributed by atoms with Crippen molar-refractivity contribution < 1.29 is 72.7 Å². The van der Waals surface area contributed by atoms with E-state index in [9.17, 15) is 44.3 Å². The largest absolute Gasteiger partial charge is 0.461 e. The summed E-state index contributed by atoms with van der Waals surface area (Å²) in [5, 5.41) is 57.2. The van der Waals surface area contributed by atoms with Gasteiger partial charge in [0.25, 0.3) is 0 Å². The average Bonchev–Trinajstić information content (AvgIpc) is 3.39. The standard InChI is InChI=1S/C30H57NO8.C27H36FN3O6.C2H2/c1-12-23-30(9,35)26(32)22(6)31(10)17-18(2)13-28(7,34)14-19(3)25(21(5)27(33)38-23)39-24-16-29(8,36-11)15-20(4)37-24;1-4-36-27(35)22-10-9-20(16-29-22)18-5-7-19(8-6-18)26(34)23(15-28)30-24(32)11-12-31(3)21-13-17(2)37-25(33)14-21;1-2/h18-26,32,34-35H,12-17H2,1-11H3;5-10,16-17,21,23,25-26,33-34H,4,11-15H2,1-3H3,(H,30,32);1-2H/t18-,19-,20+,21-,22?,23-,24+,25+,26-,28-,29+,30-;17-,21+,23-,25-,26-;/m11./s1. The molecule has 442 valence electrons. The molecule has 4 heterocycles. The van der Waals surface area contributed by atoms with Gasteiger partial charge in [-0.1, -0.05) is 51.1 Å². The summed E-state index contributed by atoms with van der Waals surface area (Å²) >= 11 is 0. The number of rotatable bonds is 15. The van der Waals surface area contributed by atoms with E-state index in [2.05, 4.69) is 30.1 Å². The summed E-state index contributed by atoms with van der Waals surface area (Å²) in [5.41, 5.74) is -0.852. The second-order valence-corrected chi connectivity index (χ2v) is 22.8. The number of methoxy groups -OCH3 is 1. The van der Waals surface area contributed by atoms with E-state index in [4.69, 9.17) is 28.4 Å². The minimum absolute atomic E-state index is 0.0669. The molecule has 0 saturated carbocycles.